The van der Waals surface area contributed by atoms with E-state index < -0.39 is 0 Å². The Balaban J connectivity index is 2.11. The highest BCUT2D eigenvalue weighted by atomic mass is 16.3. The molecular formula is C16H23NO2. The van der Waals surface area contributed by atoms with E-state index in [2.05, 4.69) is 11.4 Å². The SMILES string of the molecule is CC(C)C(CO)NC(=O)c1ccc2c(c1)CCCC2. The van der Waals surface area contributed by atoms with Gasteiger partial charge in [0.25, 0.3) is 5.91 Å². The molecule has 2 rings (SSSR count). The predicted molar refractivity (Wildman–Crippen MR) is 76.3 cm³/mol. The number of rotatable bonds is 4. The summed E-state index contributed by atoms with van der Waals surface area (Å²) in [4.78, 5) is 12.2. The molecule has 1 amide bonds. The van der Waals surface area contributed by atoms with Gasteiger partial charge in [0.1, 0.15) is 0 Å². The van der Waals surface area contributed by atoms with Gasteiger partial charge in [-0.1, -0.05) is 19.9 Å². The summed E-state index contributed by atoms with van der Waals surface area (Å²) in [6, 6.07) is 5.81. The molecule has 1 unspecified atom stereocenters. The summed E-state index contributed by atoms with van der Waals surface area (Å²) in [5, 5.41) is 12.2. The zero-order valence-corrected chi connectivity index (χ0v) is 11.8. The van der Waals surface area contributed by atoms with Gasteiger partial charge < -0.3 is 10.4 Å². The van der Waals surface area contributed by atoms with Crippen molar-refractivity contribution in [3.8, 4) is 0 Å². The van der Waals surface area contributed by atoms with Gasteiger partial charge in [-0.2, -0.15) is 0 Å². The van der Waals surface area contributed by atoms with E-state index in [1.807, 2.05) is 26.0 Å². The van der Waals surface area contributed by atoms with E-state index in [-0.39, 0.29) is 24.5 Å². The lowest BCUT2D eigenvalue weighted by Gasteiger charge is -2.21. The maximum absolute atomic E-state index is 12.2. The second-order valence-electron chi connectivity index (χ2n) is 5.70. The van der Waals surface area contributed by atoms with Crippen molar-refractivity contribution in [2.75, 3.05) is 6.61 Å². The lowest BCUT2D eigenvalue weighted by molar-refractivity contribution is 0.0896. The minimum absolute atomic E-state index is 0.0195. The maximum atomic E-state index is 12.2. The summed E-state index contributed by atoms with van der Waals surface area (Å²) in [6.45, 7) is 3.97. The molecule has 19 heavy (non-hydrogen) atoms. The number of amides is 1. The number of fused-ring (bicyclic) bond motifs is 1. The maximum Gasteiger partial charge on any atom is 0.251 e. The Bertz CT molecular complexity index is 454. The molecule has 0 spiro atoms. The molecule has 1 aliphatic carbocycles. The van der Waals surface area contributed by atoms with E-state index >= 15 is 0 Å². The Hall–Kier alpha value is -1.35. The van der Waals surface area contributed by atoms with Gasteiger partial charge >= 0.3 is 0 Å². The first-order valence-corrected chi connectivity index (χ1v) is 7.15. The second-order valence-corrected chi connectivity index (χ2v) is 5.70. The summed E-state index contributed by atoms with van der Waals surface area (Å²) >= 11 is 0. The molecule has 1 atom stereocenters. The topological polar surface area (TPSA) is 49.3 Å². The van der Waals surface area contributed by atoms with Gasteiger partial charge in [-0.05, 0) is 54.9 Å². The highest BCUT2D eigenvalue weighted by molar-refractivity contribution is 5.94. The number of aliphatic hydroxyl groups excluding tert-OH is 1. The molecule has 0 aromatic heterocycles. The molecule has 0 aliphatic heterocycles. The third-order valence-corrected chi connectivity index (χ3v) is 3.93. The van der Waals surface area contributed by atoms with Crippen molar-refractivity contribution in [1.29, 1.82) is 0 Å². The van der Waals surface area contributed by atoms with Crippen LogP contribution < -0.4 is 5.32 Å². The fourth-order valence-corrected chi connectivity index (χ4v) is 2.55. The van der Waals surface area contributed by atoms with Crippen LogP contribution in [0.5, 0.6) is 0 Å². The zero-order chi connectivity index (χ0) is 13.8. The fourth-order valence-electron chi connectivity index (χ4n) is 2.55. The third-order valence-electron chi connectivity index (χ3n) is 3.93. The van der Waals surface area contributed by atoms with Crippen molar-refractivity contribution < 1.29 is 9.90 Å². The molecular weight excluding hydrogens is 238 g/mol. The van der Waals surface area contributed by atoms with E-state index in [9.17, 15) is 9.90 Å². The van der Waals surface area contributed by atoms with Crippen LogP contribution >= 0.6 is 0 Å². The third kappa shape index (κ3) is 3.35. The van der Waals surface area contributed by atoms with E-state index in [4.69, 9.17) is 0 Å². The number of nitrogens with one attached hydrogen (secondary N) is 1. The van der Waals surface area contributed by atoms with Crippen LogP contribution in [0, 0.1) is 5.92 Å². The van der Waals surface area contributed by atoms with Gasteiger partial charge in [0.05, 0.1) is 12.6 Å². The van der Waals surface area contributed by atoms with E-state index in [1.54, 1.807) is 0 Å². The highest BCUT2D eigenvalue weighted by Crippen LogP contribution is 2.22. The lowest BCUT2D eigenvalue weighted by Crippen LogP contribution is -2.41. The van der Waals surface area contributed by atoms with Crippen LogP contribution in [0.4, 0.5) is 0 Å². The molecule has 0 radical (unpaired) electrons. The monoisotopic (exact) mass is 261 g/mol. The van der Waals surface area contributed by atoms with Crippen LogP contribution in [0.1, 0.15) is 48.2 Å². The van der Waals surface area contributed by atoms with Gasteiger partial charge in [-0.15, -0.1) is 0 Å². The minimum Gasteiger partial charge on any atom is -0.394 e. The van der Waals surface area contributed by atoms with Crippen LogP contribution in [0.15, 0.2) is 18.2 Å². The summed E-state index contributed by atoms with van der Waals surface area (Å²) in [5.74, 6) is 0.146. The fraction of sp³-hybridized carbons (Fsp3) is 0.562. The lowest BCUT2D eigenvalue weighted by atomic mass is 9.90. The normalized spacial score (nSPS) is 16.0. The summed E-state index contributed by atoms with van der Waals surface area (Å²) in [7, 11) is 0. The number of hydrogen-bond donors (Lipinski definition) is 2. The molecule has 3 heteroatoms. The van der Waals surface area contributed by atoms with Crippen molar-refractivity contribution in [2.45, 2.75) is 45.6 Å². The second kappa shape index (κ2) is 6.20. The Morgan fingerprint density at radius 1 is 1.26 bits per heavy atom. The van der Waals surface area contributed by atoms with Gasteiger partial charge in [0.2, 0.25) is 0 Å². The Kier molecular flexibility index (Phi) is 4.59. The van der Waals surface area contributed by atoms with E-state index in [0.717, 1.165) is 12.8 Å². The first kappa shape index (κ1) is 14.1. The predicted octanol–water partition coefficient (Wildman–Crippen LogP) is 2.31. The molecule has 1 aliphatic rings. The molecule has 1 aromatic carbocycles. The number of benzene rings is 1. The van der Waals surface area contributed by atoms with Gasteiger partial charge in [0.15, 0.2) is 0 Å². The number of aryl methyl sites for hydroxylation is 2. The average molecular weight is 261 g/mol. The van der Waals surface area contributed by atoms with E-state index in [1.165, 1.54) is 24.0 Å². The minimum atomic E-state index is -0.177. The van der Waals surface area contributed by atoms with Crippen molar-refractivity contribution in [1.82, 2.24) is 5.32 Å². The standard InChI is InChI=1S/C16H23NO2/c1-11(2)15(10-18)17-16(19)14-8-7-12-5-3-4-6-13(12)9-14/h7-9,11,15,18H,3-6,10H2,1-2H3,(H,17,19). The highest BCUT2D eigenvalue weighted by Gasteiger charge is 2.17. The molecule has 104 valence electrons. The molecule has 3 nitrogen and oxygen atoms in total. The first-order valence-electron chi connectivity index (χ1n) is 7.15. The van der Waals surface area contributed by atoms with Crippen molar-refractivity contribution >= 4 is 5.91 Å². The summed E-state index contributed by atoms with van der Waals surface area (Å²) in [5.41, 5.74) is 3.40. The van der Waals surface area contributed by atoms with Crippen LogP contribution in [0.3, 0.4) is 0 Å². The first-order chi connectivity index (χ1) is 9.11. The molecule has 0 heterocycles. The molecule has 2 N–H and O–H groups in total. The van der Waals surface area contributed by atoms with Gasteiger partial charge in [0, 0.05) is 5.56 Å². The quantitative estimate of drug-likeness (QED) is 0.874. The Morgan fingerprint density at radius 2 is 1.95 bits per heavy atom. The van der Waals surface area contributed by atoms with Crippen molar-refractivity contribution in [3.05, 3.63) is 34.9 Å². The van der Waals surface area contributed by atoms with Crippen LogP contribution in [0.2, 0.25) is 0 Å². The molecule has 0 saturated heterocycles. The summed E-state index contributed by atoms with van der Waals surface area (Å²) in [6.07, 6.45) is 4.66. The average Bonchev–Trinajstić information content (AvgIpc) is 2.43. The Morgan fingerprint density at radius 3 is 2.58 bits per heavy atom. The van der Waals surface area contributed by atoms with Gasteiger partial charge in [-0.3, -0.25) is 4.79 Å². The zero-order valence-electron chi connectivity index (χ0n) is 11.8. The van der Waals surface area contributed by atoms with Crippen molar-refractivity contribution in [2.24, 2.45) is 5.92 Å². The number of hydrogen-bond acceptors (Lipinski definition) is 2. The Labute approximate surface area is 115 Å². The number of aliphatic hydroxyl groups is 1. The van der Waals surface area contributed by atoms with E-state index in [0.29, 0.717) is 5.56 Å². The molecule has 1 aromatic rings. The van der Waals surface area contributed by atoms with Crippen molar-refractivity contribution in [3.63, 3.8) is 0 Å². The number of carbonyl (C=O) groups is 1. The largest absolute Gasteiger partial charge is 0.394 e. The van der Waals surface area contributed by atoms with Crippen LogP contribution in [-0.2, 0) is 12.8 Å². The van der Waals surface area contributed by atoms with Crippen LogP contribution in [-0.4, -0.2) is 23.7 Å². The van der Waals surface area contributed by atoms with Crippen LogP contribution in [0.25, 0.3) is 0 Å². The summed E-state index contributed by atoms with van der Waals surface area (Å²) < 4.78 is 0. The number of carbonyl (C=O) groups excluding carboxylic acids is 1. The van der Waals surface area contributed by atoms with Gasteiger partial charge in [-0.25, -0.2) is 0 Å². The molecule has 0 fully saturated rings. The smallest absolute Gasteiger partial charge is 0.251 e. The molecule has 0 bridgehead atoms. The molecule has 0 saturated carbocycles.